The first kappa shape index (κ1) is 21.6. The Morgan fingerprint density at radius 3 is 2.56 bits per heavy atom. The van der Waals surface area contributed by atoms with Crippen LogP contribution in [0.3, 0.4) is 0 Å². The van der Waals surface area contributed by atoms with Gasteiger partial charge in [-0.3, -0.25) is 9.10 Å². The predicted octanol–water partition coefficient (Wildman–Crippen LogP) is 2.84. The Morgan fingerprint density at radius 2 is 1.88 bits per heavy atom. The molecule has 3 aromatic rings. The third kappa shape index (κ3) is 4.50. The highest BCUT2D eigenvalue weighted by Crippen LogP contribution is 2.24. The Bertz CT molecular complexity index is 1250. The molecule has 0 bridgehead atoms. The van der Waals surface area contributed by atoms with Crippen LogP contribution in [0.15, 0.2) is 60.8 Å². The van der Waals surface area contributed by atoms with Gasteiger partial charge in [-0.25, -0.2) is 17.9 Å². The molecule has 0 atom stereocenters. The number of anilines is 2. The second-order valence-electron chi connectivity index (χ2n) is 7.16. The molecule has 4 rings (SSSR count). The van der Waals surface area contributed by atoms with Crippen molar-refractivity contribution in [2.45, 2.75) is 13.3 Å². The number of nitrogens with zero attached hydrogens (tertiary/aromatic N) is 3. The molecule has 1 aromatic heterocycles. The number of sulfonamides is 1. The van der Waals surface area contributed by atoms with Crippen molar-refractivity contribution >= 4 is 33.3 Å². The van der Waals surface area contributed by atoms with Crippen molar-refractivity contribution in [3.63, 3.8) is 0 Å². The molecule has 32 heavy (non-hydrogen) atoms. The lowest BCUT2D eigenvalue weighted by atomic mass is 10.2. The summed E-state index contributed by atoms with van der Waals surface area (Å²) in [7, 11) is -3.26. The van der Waals surface area contributed by atoms with Crippen LogP contribution < -0.4 is 9.62 Å². The number of esters is 1. The van der Waals surface area contributed by atoms with Crippen molar-refractivity contribution in [2.24, 2.45) is 0 Å². The number of rotatable bonds is 6. The van der Waals surface area contributed by atoms with E-state index in [4.69, 9.17) is 4.74 Å². The first-order valence-electron chi connectivity index (χ1n) is 10.1. The quantitative estimate of drug-likeness (QED) is 0.574. The summed E-state index contributed by atoms with van der Waals surface area (Å²) in [5.41, 5.74) is 2.36. The first-order valence-corrected chi connectivity index (χ1v) is 11.7. The molecule has 2 heterocycles. The van der Waals surface area contributed by atoms with Crippen LogP contribution in [0.2, 0.25) is 0 Å². The third-order valence-electron chi connectivity index (χ3n) is 4.96. The molecule has 2 aromatic carbocycles. The van der Waals surface area contributed by atoms with Crippen LogP contribution in [-0.4, -0.2) is 49.0 Å². The Balaban J connectivity index is 1.47. The Labute approximate surface area is 185 Å². The molecule has 0 saturated carbocycles. The van der Waals surface area contributed by atoms with Crippen molar-refractivity contribution in [1.29, 1.82) is 0 Å². The maximum absolute atomic E-state index is 12.7. The second-order valence-corrected chi connectivity index (χ2v) is 9.17. The number of benzene rings is 2. The van der Waals surface area contributed by atoms with E-state index in [1.54, 1.807) is 67.7 Å². The summed E-state index contributed by atoms with van der Waals surface area (Å²) in [6, 6.07) is 15.0. The van der Waals surface area contributed by atoms with E-state index >= 15 is 0 Å². The molecular weight excluding hydrogens is 432 g/mol. The molecule has 1 aliphatic rings. The lowest BCUT2D eigenvalue weighted by molar-refractivity contribution is 0.0519. The normalized spacial score (nSPS) is 14.8. The fraction of sp³-hybridized carbons (Fsp3) is 0.227. The highest BCUT2D eigenvalue weighted by Gasteiger charge is 2.28. The maximum Gasteiger partial charge on any atom is 0.358 e. The molecule has 1 fully saturated rings. The first-order chi connectivity index (χ1) is 15.4. The second kappa shape index (κ2) is 8.83. The topological polar surface area (TPSA) is 111 Å². The monoisotopic (exact) mass is 454 g/mol. The Hall–Kier alpha value is -3.66. The maximum atomic E-state index is 12.7. The van der Waals surface area contributed by atoms with Gasteiger partial charge in [-0.05, 0) is 61.9 Å². The standard InChI is InChI=1S/C22H22N4O5S/c1-2-31-22(28)20-11-13-25(24-20)19-6-3-5-17(15-19)23-21(27)16-7-9-18(10-8-16)26-12-4-14-32(26,29)30/h3,5-11,13,15H,2,4,12,14H2,1H3,(H,23,27). The van der Waals surface area contributed by atoms with Gasteiger partial charge >= 0.3 is 5.97 Å². The molecule has 0 unspecified atom stereocenters. The van der Waals surface area contributed by atoms with Gasteiger partial charge in [0.05, 0.1) is 23.7 Å². The molecule has 9 nitrogen and oxygen atoms in total. The fourth-order valence-corrected chi connectivity index (χ4v) is 4.98. The smallest absolute Gasteiger partial charge is 0.358 e. The summed E-state index contributed by atoms with van der Waals surface area (Å²) in [5, 5.41) is 7.03. The molecule has 1 saturated heterocycles. The molecule has 10 heteroatoms. The van der Waals surface area contributed by atoms with Gasteiger partial charge in [0, 0.05) is 24.0 Å². The highest BCUT2D eigenvalue weighted by atomic mass is 32.2. The number of nitrogens with one attached hydrogen (secondary N) is 1. The number of amides is 1. The van der Waals surface area contributed by atoms with Gasteiger partial charge in [0.25, 0.3) is 5.91 Å². The fourth-order valence-electron chi connectivity index (χ4n) is 3.42. The van der Waals surface area contributed by atoms with Crippen molar-refractivity contribution < 1.29 is 22.7 Å². The van der Waals surface area contributed by atoms with Crippen molar-refractivity contribution in [2.75, 3.05) is 28.5 Å². The summed E-state index contributed by atoms with van der Waals surface area (Å²) >= 11 is 0. The lowest BCUT2D eigenvalue weighted by Gasteiger charge is -2.17. The van der Waals surface area contributed by atoms with Gasteiger partial charge in [-0.15, -0.1) is 0 Å². The SMILES string of the molecule is CCOC(=O)c1ccn(-c2cccc(NC(=O)c3ccc(N4CCCS4(=O)=O)cc3)c2)n1. The molecule has 1 amide bonds. The summed E-state index contributed by atoms with van der Waals surface area (Å²) in [6.07, 6.45) is 2.23. The number of hydrogen-bond acceptors (Lipinski definition) is 6. The van der Waals surface area contributed by atoms with Crippen LogP contribution in [0.4, 0.5) is 11.4 Å². The predicted molar refractivity (Wildman–Crippen MR) is 120 cm³/mol. The lowest BCUT2D eigenvalue weighted by Crippen LogP contribution is -2.25. The van der Waals surface area contributed by atoms with E-state index in [9.17, 15) is 18.0 Å². The number of aromatic nitrogens is 2. The summed E-state index contributed by atoms with van der Waals surface area (Å²) in [4.78, 5) is 24.5. The summed E-state index contributed by atoms with van der Waals surface area (Å²) in [6.45, 7) is 2.44. The number of ether oxygens (including phenoxy) is 1. The van der Waals surface area contributed by atoms with Gasteiger partial charge in [-0.1, -0.05) is 6.07 Å². The molecule has 1 N–H and O–H groups in total. The van der Waals surface area contributed by atoms with Gasteiger partial charge in [0.15, 0.2) is 5.69 Å². The van der Waals surface area contributed by atoms with E-state index < -0.39 is 16.0 Å². The van der Waals surface area contributed by atoms with Gasteiger partial charge < -0.3 is 10.1 Å². The largest absolute Gasteiger partial charge is 0.461 e. The number of carbonyl (C=O) groups is 2. The van der Waals surface area contributed by atoms with Crippen LogP contribution in [0.25, 0.3) is 5.69 Å². The van der Waals surface area contributed by atoms with Crippen LogP contribution in [-0.2, 0) is 14.8 Å². The van der Waals surface area contributed by atoms with Crippen molar-refractivity contribution in [3.05, 3.63) is 72.1 Å². The van der Waals surface area contributed by atoms with Crippen molar-refractivity contribution in [3.8, 4) is 5.69 Å². The van der Waals surface area contributed by atoms with E-state index in [1.165, 1.54) is 8.99 Å². The van der Waals surface area contributed by atoms with E-state index in [1.807, 2.05) is 0 Å². The zero-order valence-electron chi connectivity index (χ0n) is 17.4. The average Bonchev–Trinajstić information content (AvgIpc) is 3.41. The van der Waals surface area contributed by atoms with E-state index in [-0.39, 0.29) is 24.0 Å². The van der Waals surface area contributed by atoms with Crippen LogP contribution in [0.5, 0.6) is 0 Å². The van der Waals surface area contributed by atoms with Gasteiger partial charge in [0.2, 0.25) is 10.0 Å². The minimum absolute atomic E-state index is 0.142. The van der Waals surface area contributed by atoms with Gasteiger partial charge in [0.1, 0.15) is 0 Å². The third-order valence-corrected chi connectivity index (χ3v) is 6.83. The summed E-state index contributed by atoms with van der Waals surface area (Å²) < 4.78 is 31.9. The van der Waals surface area contributed by atoms with E-state index in [2.05, 4.69) is 10.4 Å². The Morgan fingerprint density at radius 1 is 1.09 bits per heavy atom. The number of hydrogen-bond donors (Lipinski definition) is 1. The molecule has 166 valence electrons. The summed E-state index contributed by atoms with van der Waals surface area (Å²) in [5.74, 6) is -0.685. The molecule has 0 aliphatic carbocycles. The molecule has 0 spiro atoms. The van der Waals surface area contributed by atoms with E-state index in [0.29, 0.717) is 35.6 Å². The van der Waals surface area contributed by atoms with Crippen molar-refractivity contribution in [1.82, 2.24) is 9.78 Å². The van der Waals surface area contributed by atoms with Gasteiger partial charge in [-0.2, -0.15) is 5.10 Å². The Kier molecular flexibility index (Phi) is 5.95. The molecule has 0 radical (unpaired) electrons. The molecular formula is C22H22N4O5S. The minimum Gasteiger partial charge on any atom is -0.461 e. The van der Waals surface area contributed by atoms with Crippen LogP contribution >= 0.6 is 0 Å². The highest BCUT2D eigenvalue weighted by molar-refractivity contribution is 7.93. The average molecular weight is 455 g/mol. The molecule has 1 aliphatic heterocycles. The van der Waals surface area contributed by atoms with Crippen LogP contribution in [0.1, 0.15) is 34.2 Å². The zero-order valence-corrected chi connectivity index (χ0v) is 18.2. The number of carbonyl (C=O) groups excluding carboxylic acids is 2. The van der Waals surface area contributed by atoms with Crippen LogP contribution in [0, 0.1) is 0 Å². The van der Waals surface area contributed by atoms with E-state index in [0.717, 1.165) is 0 Å². The zero-order chi connectivity index (χ0) is 22.7. The minimum atomic E-state index is -3.26.